The highest BCUT2D eigenvalue weighted by atomic mass is 32.1. The van der Waals surface area contributed by atoms with Gasteiger partial charge in [-0.15, -0.1) is 11.3 Å². The van der Waals surface area contributed by atoms with Crippen LogP contribution in [0, 0.1) is 0 Å². The summed E-state index contributed by atoms with van der Waals surface area (Å²) in [5, 5.41) is 9.05. The predicted octanol–water partition coefficient (Wildman–Crippen LogP) is 2.58. The Hall–Kier alpha value is -1.40. The van der Waals surface area contributed by atoms with Gasteiger partial charge >= 0.3 is 0 Å². The lowest BCUT2D eigenvalue weighted by atomic mass is 10.1. The van der Waals surface area contributed by atoms with Crippen LogP contribution < -0.4 is 5.32 Å². The van der Waals surface area contributed by atoms with Crippen molar-refractivity contribution in [2.24, 2.45) is 7.05 Å². The number of hydrogen-bond acceptors (Lipinski definition) is 4. The highest BCUT2D eigenvalue weighted by molar-refractivity contribution is 7.20. The molecule has 1 aliphatic rings. The van der Waals surface area contributed by atoms with Gasteiger partial charge in [0, 0.05) is 25.5 Å². The van der Waals surface area contributed by atoms with E-state index in [0.29, 0.717) is 12.0 Å². The fraction of sp³-hybridized carbons (Fsp3) is 0.625. The van der Waals surface area contributed by atoms with Gasteiger partial charge in [-0.25, -0.2) is 0 Å². The number of aromatic nitrogens is 2. The highest BCUT2D eigenvalue weighted by Gasteiger charge is 2.25. The molecule has 3 heterocycles. The normalized spacial score (nSPS) is 16.6. The van der Waals surface area contributed by atoms with Gasteiger partial charge in [0.1, 0.15) is 4.83 Å². The van der Waals surface area contributed by atoms with Gasteiger partial charge in [-0.1, -0.05) is 13.8 Å². The maximum absolute atomic E-state index is 12.8. The van der Waals surface area contributed by atoms with Gasteiger partial charge in [-0.3, -0.25) is 9.48 Å². The lowest BCUT2D eigenvalue weighted by Gasteiger charge is -2.31. The van der Waals surface area contributed by atoms with E-state index in [1.54, 1.807) is 11.3 Å². The van der Waals surface area contributed by atoms with E-state index in [-0.39, 0.29) is 5.91 Å². The number of hydrogen-bond donors (Lipinski definition) is 1. The highest BCUT2D eigenvalue weighted by Crippen LogP contribution is 2.32. The molecule has 1 N–H and O–H groups in total. The van der Waals surface area contributed by atoms with Crippen LogP contribution >= 0.6 is 11.3 Å². The van der Waals surface area contributed by atoms with E-state index in [2.05, 4.69) is 24.3 Å². The number of carbonyl (C=O) groups excluding carboxylic acids is 1. The second kappa shape index (κ2) is 6.01. The number of rotatable bonds is 3. The molecule has 1 fully saturated rings. The third kappa shape index (κ3) is 2.65. The Balaban J connectivity index is 1.89. The van der Waals surface area contributed by atoms with Crippen LogP contribution in [-0.2, 0) is 7.05 Å². The molecule has 0 spiro atoms. The summed E-state index contributed by atoms with van der Waals surface area (Å²) < 4.78 is 1.90. The third-order valence-corrected chi connectivity index (χ3v) is 5.66. The molecule has 0 saturated carbocycles. The van der Waals surface area contributed by atoms with Crippen LogP contribution in [-0.4, -0.2) is 46.8 Å². The monoisotopic (exact) mass is 320 g/mol. The number of piperidine rings is 1. The first-order valence-corrected chi connectivity index (χ1v) is 8.75. The van der Waals surface area contributed by atoms with E-state index in [1.807, 2.05) is 29.7 Å². The van der Waals surface area contributed by atoms with Crippen LogP contribution in [0.3, 0.4) is 0 Å². The van der Waals surface area contributed by atoms with Crippen LogP contribution in [0.4, 0.5) is 0 Å². The minimum absolute atomic E-state index is 0.141. The average Bonchev–Trinajstić information content (AvgIpc) is 3.07. The predicted molar refractivity (Wildman–Crippen MR) is 90.7 cm³/mol. The number of nitrogens with one attached hydrogen (secondary N) is 1. The number of fused-ring (bicyclic) bond motifs is 1. The number of nitrogens with zero attached hydrogens (tertiary/aromatic N) is 3. The molecule has 2 aromatic rings. The molecule has 0 aliphatic carbocycles. The summed E-state index contributed by atoms with van der Waals surface area (Å²) in [6.45, 7) is 6.27. The Morgan fingerprint density at radius 3 is 2.77 bits per heavy atom. The third-order valence-electron chi connectivity index (χ3n) is 4.47. The molecule has 1 saturated heterocycles. The minimum Gasteiger partial charge on any atom is -0.338 e. The summed E-state index contributed by atoms with van der Waals surface area (Å²) in [5.74, 6) is 0.506. The zero-order valence-electron chi connectivity index (χ0n) is 13.7. The molecular formula is C16H24N4OS. The molecule has 6 heteroatoms. The first kappa shape index (κ1) is 15.5. The number of aryl methyl sites for hydroxylation is 1. The van der Waals surface area contributed by atoms with Crippen molar-refractivity contribution in [1.82, 2.24) is 20.0 Å². The SMILES string of the molecule is CC(C)c1nn(C)c2sc(C(=O)N(C)C3CCNCC3)cc12. The van der Waals surface area contributed by atoms with Crippen LogP contribution in [0.5, 0.6) is 0 Å². The minimum atomic E-state index is 0.141. The number of carbonyl (C=O) groups is 1. The molecule has 5 nitrogen and oxygen atoms in total. The Bertz CT molecular complexity index is 682. The van der Waals surface area contributed by atoms with Crippen molar-refractivity contribution in [2.45, 2.75) is 38.6 Å². The van der Waals surface area contributed by atoms with E-state index in [1.165, 1.54) is 0 Å². The second-order valence-corrected chi connectivity index (χ2v) is 7.42. The molecule has 0 bridgehead atoms. The van der Waals surface area contributed by atoms with E-state index >= 15 is 0 Å². The first-order chi connectivity index (χ1) is 10.5. The van der Waals surface area contributed by atoms with Gasteiger partial charge < -0.3 is 10.2 Å². The number of amides is 1. The molecule has 0 unspecified atom stereocenters. The van der Waals surface area contributed by atoms with Crippen LogP contribution in [0.25, 0.3) is 10.2 Å². The smallest absolute Gasteiger partial charge is 0.264 e. The largest absolute Gasteiger partial charge is 0.338 e. The average molecular weight is 320 g/mol. The standard InChI is InChI=1S/C16H24N4OS/c1-10(2)14-12-9-13(22-16(12)20(4)18-14)15(21)19(3)11-5-7-17-8-6-11/h9-11,17H,5-8H2,1-4H3. The van der Waals surface area contributed by atoms with Gasteiger partial charge in [0.25, 0.3) is 5.91 Å². The molecule has 0 aromatic carbocycles. The van der Waals surface area contributed by atoms with Crippen molar-refractivity contribution in [3.8, 4) is 0 Å². The molecule has 1 amide bonds. The maximum atomic E-state index is 12.8. The van der Waals surface area contributed by atoms with Crippen LogP contribution in [0.1, 0.15) is 48.0 Å². The molecule has 0 radical (unpaired) electrons. The zero-order chi connectivity index (χ0) is 15.9. The zero-order valence-corrected chi connectivity index (χ0v) is 14.5. The summed E-state index contributed by atoms with van der Waals surface area (Å²) in [4.78, 5) is 16.6. The van der Waals surface area contributed by atoms with Crippen molar-refractivity contribution in [3.05, 3.63) is 16.6 Å². The van der Waals surface area contributed by atoms with Gasteiger partial charge in [0.05, 0.1) is 10.6 Å². The van der Waals surface area contributed by atoms with E-state index in [0.717, 1.165) is 46.7 Å². The quantitative estimate of drug-likeness (QED) is 0.946. The Morgan fingerprint density at radius 2 is 2.14 bits per heavy atom. The summed E-state index contributed by atoms with van der Waals surface area (Å²) in [6.07, 6.45) is 2.07. The fourth-order valence-corrected chi connectivity index (χ4v) is 4.19. The van der Waals surface area contributed by atoms with Crippen LogP contribution in [0.15, 0.2) is 6.07 Å². The van der Waals surface area contributed by atoms with Gasteiger partial charge in [-0.05, 0) is 37.9 Å². The maximum Gasteiger partial charge on any atom is 0.264 e. The van der Waals surface area contributed by atoms with Crippen molar-refractivity contribution in [2.75, 3.05) is 20.1 Å². The molecular weight excluding hydrogens is 296 g/mol. The van der Waals surface area contributed by atoms with E-state index in [4.69, 9.17) is 0 Å². The van der Waals surface area contributed by atoms with Gasteiger partial charge in [0.15, 0.2) is 0 Å². The first-order valence-electron chi connectivity index (χ1n) is 7.93. The van der Waals surface area contributed by atoms with Crippen molar-refractivity contribution < 1.29 is 4.79 Å². The summed E-state index contributed by atoms with van der Waals surface area (Å²) in [7, 11) is 3.89. The second-order valence-electron chi connectivity index (χ2n) is 6.39. The molecule has 0 atom stereocenters. The van der Waals surface area contributed by atoms with Crippen molar-refractivity contribution >= 4 is 27.5 Å². The van der Waals surface area contributed by atoms with Crippen LogP contribution in [0.2, 0.25) is 0 Å². The molecule has 22 heavy (non-hydrogen) atoms. The fourth-order valence-electron chi connectivity index (χ4n) is 3.13. The van der Waals surface area contributed by atoms with E-state index in [9.17, 15) is 4.79 Å². The molecule has 3 rings (SSSR count). The summed E-state index contributed by atoms with van der Waals surface area (Å²) in [6, 6.07) is 2.38. The van der Waals surface area contributed by atoms with E-state index < -0.39 is 0 Å². The molecule has 120 valence electrons. The lowest BCUT2D eigenvalue weighted by molar-refractivity contribution is 0.0708. The Labute approximate surface area is 135 Å². The summed E-state index contributed by atoms with van der Waals surface area (Å²) in [5.41, 5.74) is 1.08. The molecule has 2 aromatic heterocycles. The van der Waals surface area contributed by atoms with Gasteiger partial charge in [-0.2, -0.15) is 5.10 Å². The van der Waals surface area contributed by atoms with Crippen molar-refractivity contribution in [1.29, 1.82) is 0 Å². The summed E-state index contributed by atoms with van der Waals surface area (Å²) >= 11 is 1.56. The topological polar surface area (TPSA) is 50.2 Å². The van der Waals surface area contributed by atoms with Gasteiger partial charge in [0.2, 0.25) is 0 Å². The Kier molecular flexibility index (Phi) is 4.23. The number of thiophene rings is 1. The Morgan fingerprint density at radius 1 is 1.45 bits per heavy atom. The lowest BCUT2D eigenvalue weighted by Crippen LogP contribution is -2.43. The molecule has 1 aliphatic heterocycles. The van der Waals surface area contributed by atoms with Crippen molar-refractivity contribution in [3.63, 3.8) is 0 Å².